The summed E-state index contributed by atoms with van der Waals surface area (Å²) in [7, 11) is 0. The van der Waals surface area contributed by atoms with Crippen molar-refractivity contribution in [3.63, 3.8) is 0 Å². The van der Waals surface area contributed by atoms with Crippen molar-refractivity contribution in [3.8, 4) is 0 Å². The second kappa shape index (κ2) is 2.84. The second-order valence-electron chi connectivity index (χ2n) is 4.52. The average Bonchev–Trinajstić information content (AvgIpc) is 2.72. The van der Waals surface area contributed by atoms with Crippen LogP contribution >= 0.6 is 0 Å². The number of hydrogen-bond acceptors (Lipinski definition) is 3. The van der Waals surface area contributed by atoms with Gasteiger partial charge in [0.05, 0.1) is 11.8 Å². The van der Waals surface area contributed by atoms with E-state index in [0.29, 0.717) is 6.04 Å². The Balaban J connectivity index is 1.98. The molecule has 2 N–H and O–H groups in total. The second-order valence-corrected chi connectivity index (χ2v) is 4.52. The molecule has 0 aromatic carbocycles. The fraction of sp³-hybridized carbons (Fsp3) is 0.636. The maximum atomic E-state index is 5.47. The summed E-state index contributed by atoms with van der Waals surface area (Å²) in [6, 6.07) is 2.67. The third-order valence-electron chi connectivity index (χ3n) is 3.44. The van der Waals surface area contributed by atoms with Gasteiger partial charge in [0.1, 0.15) is 5.76 Å². The zero-order valence-corrected chi connectivity index (χ0v) is 8.47. The Morgan fingerprint density at radius 1 is 1.57 bits per heavy atom. The van der Waals surface area contributed by atoms with Gasteiger partial charge in [-0.15, -0.1) is 0 Å². The first-order chi connectivity index (χ1) is 6.80. The summed E-state index contributed by atoms with van der Waals surface area (Å²) in [5, 5.41) is 7.21. The Morgan fingerprint density at radius 2 is 2.50 bits per heavy atom. The molecule has 14 heavy (non-hydrogen) atoms. The molecule has 2 heterocycles. The quantitative estimate of drug-likeness (QED) is 0.644. The van der Waals surface area contributed by atoms with E-state index in [9.17, 15) is 0 Å². The summed E-state index contributed by atoms with van der Waals surface area (Å²) in [4.78, 5) is 0. The largest absolute Gasteiger partial charge is 0.469 e. The average molecular weight is 192 g/mol. The number of furan rings is 1. The minimum Gasteiger partial charge on any atom is -0.469 e. The highest BCUT2D eigenvalue weighted by Gasteiger charge is 2.42. The molecule has 1 saturated heterocycles. The van der Waals surface area contributed by atoms with E-state index in [-0.39, 0.29) is 5.54 Å². The van der Waals surface area contributed by atoms with Crippen molar-refractivity contribution < 1.29 is 4.42 Å². The summed E-state index contributed by atoms with van der Waals surface area (Å²) >= 11 is 0. The summed E-state index contributed by atoms with van der Waals surface area (Å²) in [6.07, 6.45) is 4.05. The molecule has 1 aromatic rings. The van der Waals surface area contributed by atoms with E-state index >= 15 is 0 Å². The van der Waals surface area contributed by atoms with Crippen LogP contribution in [0.5, 0.6) is 0 Å². The van der Waals surface area contributed by atoms with E-state index in [0.717, 1.165) is 19.5 Å². The van der Waals surface area contributed by atoms with E-state index in [2.05, 4.69) is 23.6 Å². The molecule has 0 bridgehead atoms. The Kier molecular flexibility index (Phi) is 1.73. The van der Waals surface area contributed by atoms with Crippen LogP contribution in [0.4, 0.5) is 0 Å². The number of piperazine rings is 1. The normalized spacial score (nSPS) is 36.2. The summed E-state index contributed by atoms with van der Waals surface area (Å²) in [5.74, 6) is 1.17. The first-order valence-corrected chi connectivity index (χ1v) is 5.35. The number of rotatable bonds is 0. The predicted molar refractivity (Wildman–Crippen MR) is 54.2 cm³/mol. The molecule has 3 heteroatoms. The maximum absolute atomic E-state index is 5.47. The molecule has 0 amide bonds. The standard InChI is InChI=1S/C11H16N2O/c1-8-6-12-7-11(13-8)4-2-10-9(11)3-5-14-10/h3,5,8,12-13H,2,4,6-7H2,1H3. The summed E-state index contributed by atoms with van der Waals surface area (Å²) in [6.45, 7) is 4.32. The number of hydrogen-bond donors (Lipinski definition) is 2. The Bertz CT molecular complexity index is 347. The Hall–Kier alpha value is -0.800. The van der Waals surface area contributed by atoms with Gasteiger partial charge in [-0.2, -0.15) is 0 Å². The predicted octanol–water partition coefficient (Wildman–Crippen LogP) is 1.00. The van der Waals surface area contributed by atoms with Crippen LogP contribution in [-0.2, 0) is 12.0 Å². The molecule has 2 atom stereocenters. The Labute approximate surface area is 83.9 Å². The first kappa shape index (κ1) is 8.50. The number of nitrogens with one attached hydrogen (secondary N) is 2. The molecule has 2 aliphatic rings. The maximum Gasteiger partial charge on any atom is 0.108 e. The van der Waals surface area contributed by atoms with Gasteiger partial charge in [-0.05, 0) is 19.4 Å². The SMILES string of the molecule is CC1CNCC2(CCc3occc32)N1. The lowest BCUT2D eigenvalue weighted by Crippen LogP contribution is -2.59. The van der Waals surface area contributed by atoms with Gasteiger partial charge in [0.15, 0.2) is 0 Å². The molecule has 1 aliphatic heterocycles. The first-order valence-electron chi connectivity index (χ1n) is 5.35. The number of fused-ring (bicyclic) bond motifs is 2. The topological polar surface area (TPSA) is 37.2 Å². The van der Waals surface area contributed by atoms with Crippen molar-refractivity contribution in [2.45, 2.75) is 31.3 Å². The molecule has 3 rings (SSSR count). The molecule has 1 aliphatic carbocycles. The van der Waals surface area contributed by atoms with Crippen LogP contribution in [0.3, 0.4) is 0 Å². The molecule has 2 unspecified atom stereocenters. The van der Waals surface area contributed by atoms with Crippen molar-refractivity contribution in [1.29, 1.82) is 0 Å². The van der Waals surface area contributed by atoms with E-state index in [1.807, 2.05) is 6.26 Å². The molecule has 0 saturated carbocycles. The highest BCUT2D eigenvalue weighted by Crippen LogP contribution is 2.38. The summed E-state index contributed by atoms with van der Waals surface area (Å²) < 4.78 is 5.47. The van der Waals surface area contributed by atoms with Crippen molar-refractivity contribution in [1.82, 2.24) is 10.6 Å². The molecule has 76 valence electrons. The van der Waals surface area contributed by atoms with Gasteiger partial charge in [0.25, 0.3) is 0 Å². The fourth-order valence-electron chi connectivity index (χ4n) is 2.83. The lowest BCUT2D eigenvalue weighted by atomic mass is 9.90. The molecule has 3 nitrogen and oxygen atoms in total. The minimum atomic E-state index is 0.153. The van der Waals surface area contributed by atoms with Crippen LogP contribution in [0.25, 0.3) is 0 Å². The lowest BCUT2D eigenvalue weighted by molar-refractivity contribution is 0.233. The Morgan fingerprint density at radius 3 is 3.36 bits per heavy atom. The van der Waals surface area contributed by atoms with Gasteiger partial charge in [-0.1, -0.05) is 0 Å². The molecule has 1 spiro atoms. The molecule has 0 radical (unpaired) electrons. The third kappa shape index (κ3) is 1.06. The van der Waals surface area contributed by atoms with Crippen LogP contribution < -0.4 is 10.6 Å². The van der Waals surface area contributed by atoms with Crippen LogP contribution in [0, 0.1) is 0 Å². The van der Waals surface area contributed by atoms with Gasteiger partial charge in [0.2, 0.25) is 0 Å². The molecular formula is C11H16N2O. The monoisotopic (exact) mass is 192 g/mol. The third-order valence-corrected chi connectivity index (χ3v) is 3.44. The van der Waals surface area contributed by atoms with Gasteiger partial charge in [0, 0.05) is 31.1 Å². The highest BCUT2D eigenvalue weighted by molar-refractivity contribution is 5.33. The van der Waals surface area contributed by atoms with Crippen LogP contribution in [-0.4, -0.2) is 19.1 Å². The van der Waals surface area contributed by atoms with Crippen LogP contribution in [0.15, 0.2) is 16.7 Å². The minimum absolute atomic E-state index is 0.153. The number of aryl methyl sites for hydroxylation is 1. The van der Waals surface area contributed by atoms with Crippen LogP contribution in [0.2, 0.25) is 0 Å². The van der Waals surface area contributed by atoms with Crippen LogP contribution in [0.1, 0.15) is 24.7 Å². The van der Waals surface area contributed by atoms with Gasteiger partial charge in [-0.25, -0.2) is 0 Å². The van der Waals surface area contributed by atoms with Gasteiger partial charge in [-0.3, -0.25) is 0 Å². The molecular weight excluding hydrogens is 176 g/mol. The fourth-order valence-corrected chi connectivity index (χ4v) is 2.83. The van der Waals surface area contributed by atoms with E-state index in [4.69, 9.17) is 4.42 Å². The molecule has 1 aromatic heterocycles. The van der Waals surface area contributed by atoms with Crippen molar-refractivity contribution in [2.75, 3.05) is 13.1 Å². The lowest BCUT2D eigenvalue weighted by Gasteiger charge is -2.39. The zero-order valence-electron chi connectivity index (χ0n) is 8.47. The van der Waals surface area contributed by atoms with E-state index in [1.165, 1.54) is 17.7 Å². The van der Waals surface area contributed by atoms with Crippen molar-refractivity contribution >= 4 is 0 Å². The summed E-state index contributed by atoms with van der Waals surface area (Å²) in [5.41, 5.74) is 1.52. The molecule has 1 fully saturated rings. The van der Waals surface area contributed by atoms with Crippen molar-refractivity contribution in [3.05, 3.63) is 23.7 Å². The van der Waals surface area contributed by atoms with Gasteiger partial charge >= 0.3 is 0 Å². The van der Waals surface area contributed by atoms with E-state index in [1.54, 1.807) is 0 Å². The van der Waals surface area contributed by atoms with Gasteiger partial charge < -0.3 is 15.1 Å². The van der Waals surface area contributed by atoms with Crippen molar-refractivity contribution in [2.24, 2.45) is 0 Å². The highest BCUT2D eigenvalue weighted by atomic mass is 16.3. The van der Waals surface area contributed by atoms with E-state index < -0.39 is 0 Å². The zero-order chi connectivity index (χ0) is 9.60. The smallest absolute Gasteiger partial charge is 0.108 e.